The van der Waals surface area contributed by atoms with Gasteiger partial charge >= 0.3 is 0 Å². The monoisotopic (exact) mass is 302 g/mol. The summed E-state index contributed by atoms with van der Waals surface area (Å²) < 4.78 is 23.3. The highest BCUT2D eigenvalue weighted by atomic mass is 32.2. The fourth-order valence-electron chi connectivity index (χ4n) is 1.85. The number of nitrogens with zero attached hydrogens (tertiary/aromatic N) is 4. The van der Waals surface area contributed by atoms with E-state index in [-0.39, 0.29) is 16.5 Å². The number of benzene rings is 1. The second kappa shape index (κ2) is 5.04. The highest BCUT2D eigenvalue weighted by molar-refractivity contribution is 7.89. The fraction of sp³-hybridized carbons (Fsp3) is 0. The standard InChI is InChI=1S/C12H10N6O2S/c13-21(19,20)12-11(8-3-1-2-4-9(8)16-12)18-17-10-7-14-5-6-15-10/h1-7,16H,(H2,13,19,20). The minimum atomic E-state index is -3.95. The fourth-order valence-corrected chi connectivity index (χ4v) is 2.52. The molecule has 8 nitrogen and oxygen atoms in total. The van der Waals surface area contributed by atoms with E-state index in [1.807, 2.05) is 0 Å². The van der Waals surface area contributed by atoms with Gasteiger partial charge in [0.25, 0.3) is 10.0 Å². The molecule has 2 heterocycles. The van der Waals surface area contributed by atoms with E-state index in [9.17, 15) is 8.42 Å². The lowest BCUT2D eigenvalue weighted by Gasteiger charge is -1.95. The van der Waals surface area contributed by atoms with Crippen molar-refractivity contribution < 1.29 is 8.42 Å². The van der Waals surface area contributed by atoms with Crippen LogP contribution >= 0.6 is 0 Å². The number of azo groups is 1. The van der Waals surface area contributed by atoms with Gasteiger partial charge in [-0.15, -0.1) is 10.2 Å². The van der Waals surface area contributed by atoms with Crippen LogP contribution in [0, 0.1) is 0 Å². The summed E-state index contributed by atoms with van der Waals surface area (Å²) >= 11 is 0. The molecular formula is C12H10N6O2S. The van der Waals surface area contributed by atoms with Gasteiger partial charge in [-0.05, 0) is 6.07 Å². The summed E-state index contributed by atoms with van der Waals surface area (Å²) in [5, 5.41) is 13.5. The van der Waals surface area contributed by atoms with E-state index in [2.05, 4.69) is 25.2 Å². The van der Waals surface area contributed by atoms with Gasteiger partial charge in [-0.3, -0.25) is 4.98 Å². The lowest BCUT2D eigenvalue weighted by Crippen LogP contribution is -2.12. The third kappa shape index (κ3) is 2.64. The first-order valence-electron chi connectivity index (χ1n) is 5.87. The Balaban J connectivity index is 2.19. The van der Waals surface area contributed by atoms with Crippen molar-refractivity contribution in [1.82, 2.24) is 15.0 Å². The van der Waals surface area contributed by atoms with Crippen molar-refractivity contribution in [2.75, 3.05) is 0 Å². The molecule has 0 radical (unpaired) electrons. The van der Waals surface area contributed by atoms with E-state index in [1.54, 1.807) is 24.3 Å². The van der Waals surface area contributed by atoms with Gasteiger partial charge in [-0.25, -0.2) is 18.5 Å². The molecule has 0 saturated carbocycles. The second-order valence-electron chi connectivity index (χ2n) is 4.16. The van der Waals surface area contributed by atoms with Crippen LogP contribution in [-0.2, 0) is 10.0 Å². The Morgan fingerprint density at radius 3 is 2.67 bits per heavy atom. The lowest BCUT2D eigenvalue weighted by molar-refractivity contribution is 0.595. The molecule has 0 aliphatic heterocycles. The maximum absolute atomic E-state index is 11.7. The van der Waals surface area contributed by atoms with Crippen LogP contribution < -0.4 is 5.14 Å². The average molecular weight is 302 g/mol. The van der Waals surface area contributed by atoms with Crippen LogP contribution in [0.15, 0.2) is 58.1 Å². The number of hydrogen-bond donors (Lipinski definition) is 2. The molecular weight excluding hydrogens is 292 g/mol. The molecule has 21 heavy (non-hydrogen) atoms. The van der Waals surface area contributed by atoms with Gasteiger partial charge in [0, 0.05) is 23.3 Å². The van der Waals surface area contributed by atoms with E-state index in [0.29, 0.717) is 10.9 Å². The zero-order valence-corrected chi connectivity index (χ0v) is 11.4. The minimum Gasteiger partial charge on any atom is -0.343 e. The first-order valence-corrected chi connectivity index (χ1v) is 7.41. The van der Waals surface area contributed by atoms with Crippen LogP contribution in [0.1, 0.15) is 0 Å². The highest BCUT2D eigenvalue weighted by Gasteiger charge is 2.20. The number of para-hydroxylation sites is 1. The van der Waals surface area contributed by atoms with E-state index < -0.39 is 10.0 Å². The maximum atomic E-state index is 11.7. The van der Waals surface area contributed by atoms with E-state index in [4.69, 9.17) is 5.14 Å². The van der Waals surface area contributed by atoms with Crippen molar-refractivity contribution >= 4 is 32.4 Å². The van der Waals surface area contributed by atoms with Gasteiger partial charge < -0.3 is 4.98 Å². The molecule has 0 aliphatic carbocycles. The SMILES string of the molecule is NS(=O)(=O)c1[nH]c2ccccc2c1N=Nc1cnccn1. The molecule has 2 aromatic heterocycles. The molecule has 3 N–H and O–H groups in total. The molecule has 0 aliphatic rings. The number of fused-ring (bicyclic) bond motifs is 1. The first kappa shape index (κ1) is 13.3. The van der Waals surface area contributed by atoms with Gasteiger partial charge in [0.1, 0.15) is 5.69 Å². The number of nitrogens with one attached hydrogen (secondary N) is 1. The summed E-state index contributed by atoms with van der Waals surface area (Å²) in [6.45, 7) is 0. The number of primary sulfonamides is 1. The van der Waals surface area contributed by atoms with Crippen LogP contribution in [-0.4, -0.2) is 23.4 Å². The number of hydrogen-bond acceptors (Lipinski definition) is 6. The third-order valence-corrected chi connectivity index (χ3v) is 3.60. The number of aromatic amines is 1. The van der Waals surface area contributed by atoms with Crippen molar-refractivity contribution in [3.63, 3.8) is 0 Å². The van der Waals surface area contributed by atoms with Gasteiger partial charge in [-0.2, -0.15) is 0 Å². The number of H-pyrrole nitrogens is 1. The molecule has 0 unspecified atom stereocenters. The molecule has 0 atom stereocenters. The van der Waals surface area contributed by atoms with E-state index in [0.717, 1.165) is 0 Å². The lowest BCUT2D eigenvalue weighted by atomic mass is 10.2. The van der Waals surface area contributed by atoms with Crippen molar-refractivity contribution in [2.24, 2.45) is 15.4 Å². The predicted molar refractivity (Wildman–Crippen MR) is 75.9 cm³/mol. The first-order chi connectivity index (χ1) is 10.1. The molecule has 106 valence electrons. The van der Waals surface area contributed by atoms with Crippen molar-refractivity contribution in [2.45, 2.75) is 5.03 Å². The van der Waals surface area contributed by atoms with Crippen LogP contribution in [0.3, 0.4) is 0 Å². The molecule has 0 amide bonds. The van der Waals surface area contributed by atoms with Crippen molar-refractivity contribution in [3.05, 3.63) is 42.9 Å². The minimum absolute atomic E-state index is 0.152. The van der Waals surface area contributed by atoms with Crippen LogP contribution in [0.5, 0.6) is 0 Å². The molecule has 3 aromatic rings. The maximum Gasteiger partial charge on any atom is 0.255 e. The molecule has 0 spiro atoms. The Morgan fingerprint density at radius 2 is 1.95 bits per heavy atom. The summed E-state index contributed by atoms with van der Waals surface area (Å²) in [4.78, 5) is 10.5. The quantitative estimate of drug-likeness (QED) is 0.717. The molecule has 0 fully saturated rings. The Bertz CT molecular complexity index is 917. The van der Waals surface area contributed by atoms with Gasteiger partial charge in [0.2, 0.25) is 0 Å². The molecule has 0 bridgehead atoms. The Kier molecular flexibility index (Phi) is 3.20. The summed E-state index contributed by atoms with van der Waals surface area (Å²) in [5.41, 5.74) is 0.758. The van der Waals surface area contributed by atoms with Gasteiger partial charge in [0.05, 0.1) is 6.20 Å². The molecule has 0 saturated heterocycles. The molecule has 3 rings (SSSR count). The van der Waals surface area contributed by atoms with Crippen LogP contribution in [0.25, 0.3) is 10.9 Å². The summed E-state index contributed by atoms with van der Waals surface area (Å²) in [7, 11) is -3.95. The number of sulfonamides is 1. The van der Waals surface area contributed by atoms with Crippen molar-refractivity contribution in [3.8, 4) is 0 Å². The third-order valence-electron chi connectivity index (χ3n) is 2.73. The average Bonchev–Trinajstić information content (AvgIpc) is 2.85. The molecule has 9 heteroatoms. The summed E-state index contributed by atoms with van der Waals surface area (Å²) in [5.74, 6) is 0.267. The summed E-state index contributed by atoms with van der Waals surface area (Å²) in [6, 6.07) is 7.00. The summed E-state index contributed by atoms with van der Waals surface area (Å²) in [6.07, 6.45) is 4.37. The van der Waals surface area contributed by atoms with Crippen LogP contribution in [0.2, 0.25) is 0 Å². The van der Waals surface area contributed by atoms with E-state index >= 15 is 0 Å². The van der Waals surface area contributed by atoms with E-state index in [1.165, 1.54) is 18.6 Å². The van der Waals surface area contributed by atoms with Crippen LogP contribution in [0.4, 0.5) is 11.5 Å². The van der Waals surface area contributed by atoms with Gasteiger partial charge in [0.15, 0.2) is 10.8 Å². The Hall–Kier alpha value is -2.65. The smallest absolute Gasteiger partial charge is 0.255 e. The van der Waals surface area contributed by atoms with Crippen molar-refractivity contribution in [1.29, 1.82) is 0 Å². The highest BCUT2D eigenvalue weighted by Crippen LogP contribution is 2.33. The molecule has 1 aromatic carbocycles. The normalized spacial score (nSPS) is 12.2. The second-order valence-corrected chi connectivity index (χ2v) is 5.66. The zero-order chi connectivity index (χ0) is 14.9. The number of nitrogens with two attached hydrogens (primary N) is 1. The number of aromatic nitrogens is 3. The van der Waals surface area contributed by atoms with Gasteiger partial charge in [-0.1, -0.05) is 18.2 Å². The number of rotatable bonds is 3. The zero-order valence-electron chi connectivity index (χ0n) is 10.6. The largest absolute Gasteiger partial charge is 0.343 e. The predicted octanol–water partition coefficient (Wildman–Crippen LogP) is 2.02. The topological polar surface area (TPSA) is 126 Å². The Labute approximate surface area is 119 Å². The Morgan fingerprint density at radius 1 is 1.14 bits per heavy atom.